The van der Waals surface area contributed by atoms with E-state index in [0.717, 1.165) is 17.5 Å². The highest BCUT2D eigenvalue weighted by Gasteiger charge is 2.33. The third kappa shape index (κ3) is 3.56. The van der Waals surface area contributed by atoms with Gasteiger partial charge in [-0.3, -0.25) is 0 Å². The molecule has 1 heterocycles. The van der Waals surface area contributed by atoms with Crippen molar-refractivity contribution in [2.24, 2.45) is 0 Å². The van der Waals surface area contributed by atoms with E-state index in [1.807, 2.05) is 59.5 Å². The van der Waals surface area contributed by atoms with Crippen molar-refractivity contribution < 1.29 is 9.53 Å². The topological polar surface area (TPSA) is 41.6 Å². The number of nitrogens with one attached hydrogen (secondary N) is 1. The first-order valence-corrected chi connectivity index (χ1v) is 9.59. The molecule has 0 radical (unpaired) electrons. The van der Waals surface area contributed by atoms with Gasteiger partial charge in [-0.1, -0.05) is 60.1 Å². The number of anilines is 1. The summed E-state index contributed by atoms with van der Waals surface area (Å²) in [7, 11) is 1.61. The van der Waals surface area contributed by atoms with Gasteiger partial charge in [0.15, 0.2) is 0 Å². The first-order chi connectivity index (χ1) is 13.7. The van der Waals surface area contributed by atoms with E-state index in [9.17, 15) is 4.79 Å². The summed E-state index contributed by atoms with van der Waals surface area (Å²) < 4.78 is 5.25. The predicted octanol–water partition coefficient (Wildman–Crippen LogP) is 5.53. The van der Waals surface area contributed by atoms with Gasteiger partial charge in [-0.15, -0.1) is 0 Å². The van der Waals surface area contributed by atoms with Crippen molar-refractivity contribution in [2.75, 3.05) is 19.0 Å². The SMILES string of the molecule is COc1cccc(NC(=O)N2CCc3ccccc3C2c2ccccc2Cl)c1. The monoisotopic (exact) mass is 392 g/mol. The van der Waals surface area contributed by atoms with Gasteiger partial charge in [0.25, 0.3) is 0 Å². The number of urea groups is 1. The van der Waals surface area contributed by atoms with Gasteiger partial charge < -0.3 is 15.0 Å². The van der Waals surface area contributed by atoms with Crippen molar-refractivity contribution >= 4 is 23.3 Å². The summed E-state index contributed by atoms with van der Waals surface area (Å²) in [4.78, 5) is 15.1. The zero-order valence-corrected chi connectivity index (χ0v) is 16.3. The molecule has 1 aliphatic heterocycles. The molecule has 4 rings (SSSR count). The number of benzene rings is 3. The lowest BCUT2D eigenvalue weighted by Gasteiger charge is -2.38. The smallest absolute Gasteiger partial charge is 0.322 e. The Morgan fingerprint density at radius 1 is 1.04 bits per heavy atom. The van der Waals surface area contributed by atoms with Crippen LogP contribution in [-0.4, -0.2) is 24.6 Å². The molecule has 0 fully saturated rings. The van der Waals surface area contributed by atoms with E-state index in [1.165, 1.54) is 5.56 Å². The van der Waals surface area contributed by atoms with E-state index < -0.39 is 0 Å². The third-order valence-electron chi connectivity index (χ3n) is 5.07. The van der Waals surface area contributed by atoms with Crippen LogP contribution in [0.5, 0.6) is 5.75 Å². The molecular formula is C23H21ClN2O2. The number of hydrogen-bond donors (Lipinski definition) is 1. The molecule has 0 bridgehead atoms. The summed E-state index contributed by atoms with van der Waals surface area (Å²) in [6.07, 6.45) is 0.808. The number of nitrogens with zero attached hydrogens (tertiary/aromatic N) is 1. The second-order valence-corrected chi connectivity index (χ2v) is 7.14. The van der Waals surface area contributed by atoms with Crippen molar-refractivity contribution in [1.29, 1.82) is 0 Å². The van der Waals surface area contributed by atoms with Crippen LogP contribution >= 0.6 is 11.6 Å². The fourth-order valence-electron chi connectivity index (χ4n) is 3.71. The highest BCUT2D eigenvalue weighted by molar-refractivity contribution is 6.31. The van der Waals surface area contributed by atoms with Crippen molar-refractivity contribution in [3.63, 3.8) is 0 Å². The largest absolute Gasteiger partial charge is 0.497 e. The molecule has 0 saturated heterocycles. The van der Waals surface area contributed by atoms with Gasteiger partial charge in [-0.05, 0) is 41.3 Å². The summed E-state index contributed by atoms with van der Waals surface area (Å²) in [5.41, 5.74) is 3.98. The Bertz CT molecular complexity index is 1010. The Hall–Kier alpha value is -2.98. The third-order valence-corrected chi connectivity index (χ3v) is 5.41. The molecule has 1 N–H and O–H groups in total. The van der Waals surface area contributed by atoms with Crippen LogP contribution < -0.4 is 10.1 Å². The van der Waals surface area contributed by atoms with Gasteiger partial charge in [-0.25, -0.2) is 4.79 Å². The quantitative estimate of drug-likeness (QED) is 0.636. The van der Waals surface area contributed by atoms with Crippen LogP contribution in [0.25, 0.3) is 0 Å². The molecule has 5 heteroatoms. The Kier molecular flexibility index (Phi) is 5.22. The zero-order valence-electron chi connectivity index (χ0n) is 15.6. The van der Waals surface area contributed by atoms with Crippen LogP contribution in [0.2, 0.25) is 5.02 Å². The van der Waals surface area contributed by atoms with Gasteiger partial charge >= 0.3 is 6.03 Å². The number of carbonyl (C=O) groups excluding carboxylic acids is 1. The summed E-state index contributed by atoms with van der Waals surface area (Å²) >= 11 is 6.52. The van der Waals surface area contributed by atoms with Gasteiger partial charge in [0.05, 0.1) is 13.2 Å². The highest BCUT2D eigenvalue weighted by atomic mass is 35.5. The van der Waals surface area contributed by atoms with Crippen molar-refractivity contribution in [2.45, 2.75) is 12.5 Å². The number of methoxy groups -OCH3 is 1. The number of ether oxygens (including phenoxy) is 1. The number of halogens is 1. The van der Waals surface area contributed by atoms with Crippen LogP contribution in [0.3, 0.4) is 0 Å². The predicted molar refractivity (Wildman–Crippen MR) is 112 cm³/mol. The van der Waals surface area contributed by atoms with Crippen LogP contribution in [-0.2, 0) is 6.42 Å². The lowest BCUT2D eigenvalue weighted by atomic mass is 9.88. The Labute approximate surface area is 169 Å². The van der Waals surface area contributed by atoms with Crippen LogP contribution in [0.4, 0.5) is 10.5 Å². The van der Waals surface area contributed by atoms with E-state index in [4.69, 9.17) is 16.3 Å². The fourth-order valence-corrected chi connectivity index (χ4v) is 3.95. The molecule has 3 aromatic rings. The Balaban J connectivity index is 1.70. The van der Waals surface area contributed by atoms with E-state index in [0.29, 0.717) is 23.0 Å². The lowest BCUT2D eigenvalue weighted by Crippen LogP contribution is -2.43. The number of carbonyl (C=O) groups is 1. The average Bonchev–Trinajstić information content (AvgIpc) is 2.73. The molecule has 1 atom stereocenters. The highest BCUT2D eigenvalue weighted by Crippen LogP contribution is 2.38. The minimum Gasteiger partial charge on any atom is -0.497 e. The van der Waals surface area contributed by atoms with E-state index in [-0.39, 0.29) is 12.1 Å². The second-order valence-electron chi connectivity index (χ2n) is 6.73. The van der Waals surface area contributed by atoms with E-state index in [1.54, 1.807) is 13.2 Å². The fraction of sp³-hybridized carbons (Fsp3) is 0.174. The summed E-state index contributed by atoms with van der Waals surface area (Å²) in [5, 5.41) is 3.66. The van der Waals surface area contributed by atoms with Crippen molar-refractivity contribution in [3.05, 3.63) is 94.5 Å². The van der Waals surface area contributed by atoms with Crippen molar-refractivity contribution in [1.82, 2.24) is 4.90 Å². The molecule has 4 nitrogen and oxygen atoms in total. The van der Waals surface area contributed by atoms with Crippen LogP contribution in [0, 0.1) is 0 Å². The van der Waals surface area contributed by atoms with Gasteiger partial charge in [-0.2, -0.15) is 0 Å². The average molecular weight is 393 g/mol. The standard InChI is InChI=1S/C23H21ClN2O2/c1-28-18-9-6-8-17(15-18)25-23(27)26-14-13-16-7-2-3-10-19(16)22(26)20-11-4-5-12-21(20)24/h2-12,15,22H,13-14H2,1H3,(H,25,27). The van der Waals surface area contributed by atoms with Gasteiger partial charge in [0.2, 0.25) is 0 Å². The summed E-state index contributed by atoms with van der Waals surface area (Å²) in [6.45, 7) is 0.614. The van der Waals surface area contributed by atoms with E-state index in [2.05, 4.69) is 17.4 Å². The number of rotatable bonds is 3. The second kappa shape index (κ2) is 7.95. The molecule has 2 amide bonds. The molecule has 0 aromatic heterocycles. The number of hydrogen-bond acceptors (Lipinski definition) is 2. The molecular weight excluding hydrogens is 372 g/mol. The Morgan fingerprint density at radius 2 is 1.79 bits per heavy atom. The van der Waals surface area contributed by atoms with Crippen LogP contribution in [0.15, 0.2) is 72.8 Å². The maximum absolute atomic E-state index is 13.2. The van der Waals surface area contributed by atoms with Gasteiger partial charge in [0, 0.05) is 23.3 Å². The molecule has 0 aliphatic carbocycles. The maximum atomic E-state index is 13.2. The maximum Gasteiger partial charge on any atom is 0.322 e. The molecule has 1 aliphatic rings. The minimum absolute atomic E-state index is 0.160. The molecule has 142 valence electrons. The first-order valence-electron chi connectivity index (χ1n) is 9.21. The Morgan fingerprint density at radius 3 is 2.57 bits per heavy atom. The number of amides is 2. The molecule has 0 saturated carbocycles. The molecule has 28 heavy (non-hydrogen) atoms. The first kappa shape index (κ1) is 18.4. The number of fused-ring (bicyclic) bond motifs is 1. The zero-order chi connectivity index (χ0) is 19.5. The summed E-state index contributed by atoms with van der Waals surface area (Å²) in [6, 6.07) is 22.9. The normalized spacial score (nSPS) is 15.6. The van der Waals surface area contributed by atoms with Gasteiger partial charge in [0.1, 0.15) is 5.75 Å². The van der Waals surface area contributed by atoms with E-state index >= 15 is 0 Å². The van der Waals surface area contributed by atoms with Crippen molar-refractivity contribution in [3.8, 4) is 5.75 Å². The molecule has 3 aromatic carbocycles. The molecule has 0 spiro atoms. The summed E-state index contributed by atoms with van der Waals surface area (Å²) in [5.74, 6) is 0.699. The molecule has 1 unspecified atom stereocenters. The lowest BCUT2D eigenvalue weighted by molar-refractivity contribution is 0.194. The van der Waals surface area contributed by atoms with Crippen LogP contribution in [0.1, 0.15) is 22.7 Å². The minimum atomic E-state index is -0.232.